The molecule has 0 N–H and O–H groups in total. The van der Waals surface area contributed by atoms with E-state index in [-0.39, 0.29) is 5.41 Å². The second-order valence-electron chi connectivity index (χ2n) is 6.46. The van der Waals surface area contributed by atoms with Crippen LogP contribution in [0.25, 0.3) is 0 Å². The van der Waals surface area contributed by atoms with Crippen LogP contribution < -0.4 is 0 Å². The quantitative estimate of drug-likeness (QED) is 0.682. The van der Waals surface area contributed by atoms with Gasteiger partial charge in [-0.25, -0.2) is 0 Å². The zero-order valence-electron chi connectivity index (χ0n) is 13.5. The van der Waals surface area contributed by atoms with Gasteiger partial charge in [0.1, 0.15) is 0 Å². The third-order valence-electron chi connectivity index (χ3n) is 3.36. The van der Waals surface area contributed by atoms with Gasteiger partial charge in [-0.15, -0.1) is 0 Å². The Bertz CT molecular complexity index is 499. The van der Waals surface area contributed by atoms with Gasteiger partial charge in [-0.05, 0) is 44.4 Å². The normalized spacial score (nSPS) is 13.8. The van der Waals surface area contributed by atoms with Crippen molar-refractivity contribution >= 4 is 5.71 Å². The summed E-state index contributed by atoms with van der Waals surface area (Å²) < 4.78 is 0. The number of aliphatic imine (C=N–C) groups is 1. The SMILES string of the molecule is CN=C(/C=C(/C)Cc1ccc(C)cc1C)C(C)(C)C. The van der Waals surface area contributed by atoms with Crippen molar-refractivity contribution in [3.05, 3.63) is 46.5 Å². The standard InChI is InChI=1S/C18H27N/c1-13-8-9-16(15(3)10-13)11-14(2)12-17(19-7)18(4,5)6/h8-10,12H,11H2,1-7H3/b14-12-,19-17?. The first-order valence-corrected chi connectivity index (χ1v) is 6.94. The van der Waals surface area contributed by atoms with Gasteiger partial charge in [-0.3, -0.25) is 4.99 Å². The number of nitrogens with zero attached hydrogens (tertiary/aromatic N) is 1. The second kappa shape index (κ2) is 6.18. The molecule has 0 spiro atoms. The molecule has 1 rings (SSSR count). The lowest BCUT2D eigenvalue weighted by Crippen LogP contribution is -2.18. The second-order valence-corrected chi connectivity index (χ2v) is 6.46. The zero-order valence-corrected chi connectivity index (χ0v) is 13.5. The summed E-state index contributed by atoms with van der Waals surface area (Å²) in [6.45, 7) is 13.1. The maximum atomic E-state index is 4.42. The van der Waals surface area contributed by atoms with E-state index in [1.54, 1.807) is 0 Å². The van der Waals surface area contributed by atoms with Gasteiger partial charge in [0.25, 0.3) is 0 Å². The molecule has 0 amide bonds. The fourth-order valence-corrected chi connectivity index (χ4v) is 2.25. The van der Waals surface area contributed by atoms with Gasteiger partial charge >= 0.3 is 0 Å². The Morgan fingerprint density at radius 3 is 2.32 bits per heavy atom. The summed E-state index contributed by atoms with van der Waals surface area (Å²) in [5.41, 5.74) is 6.74. The maximum absolute atomic E-state index is 4.42. The molecule has 0 saturated carbocycles. The maximum Gasteiger partial charge on any atom is 0.0397 e. The van der Waals surface area contributed by atoms with Crippen LogP contribution in [0.4, 0.5) is 0 Å². The molecule has 0 aromatic heterocycles. The summed E-state index contributed by atoms with van der Waals surface area (Å²) in [6.07, 6.45) is 3.24. The first-order valence-electron chi connectivity index (χ1n) is 6.94. The molecule has 1 aromatic rings. The van der Waals surface area contributed by atoms with Gasteiger partial charge in [0.2, 0.25) is 0 Å². The van der Waals surface area contributed by atoms with Crippen LogP contribution in [-0.2, 0) is 6.42 Å². The zero-order chi connectivity index (χ0) is 14.6. The van der Waals surface area contributed by atoms with Crippen LogP contribution in [-0.4, -0.2) is 12.8 Å². The molecule has 1 aromatic carbocycles. The molecule has 0 atom stereocenters. The summed E-state index contributed by atoms with van der Waals surface area (Å²) in [6, 6.07) is 6.68. The van der Waals surface area contributed by atoms with Crippen molar-refractivity contribution in [2.45, 2.75) is 48.0 Å². The van der Waals surface area contributed by atoms with Gasteiger partial charge in [0, 0.05) is 18.2 Å². The minimum atomic E-state index is 0.109. The largest absolute Gasteiger partial charge is 0.293 e. The number of hydrogen-bond donors (Lipinski definition) is 0. The Labute approximate surface area is 118 Å². The highest BCUT2D eigenvalue weighted by molar-refractivity contribution is 5.99. The minimum Gasteiger partial charge on any atom is -0.293 e. The van der Waals surface area contributed by atoms with Crippen molar-refractivity contribution in [1.29, 1.82) is 0 Å². The van der Waals surface area contributed by atoms with Crippen LogP contribution in [0, 0.1) is 19.3 Å². The van der Waals surface area contributed by atoms with E-state index in [0.29, 0.717) is 0 Å². The topological polar surface area (TPSA) is 12.4 Å². The van der Waals surface area contributed by atoms with Gasteiger partial charge in [-0.1, -0.05) is 50.1 Å². The van der Waals surface area contributed by atoms with Gasteiger partial charge in [-0.2, -0.15) is 0 Å². The van der Waals surface area contributed by atoms with Crippen LogP contribution in [0.15, 0.2) is 34.8 Å². The average molecular weight is 257 g/mol. The molecule has 0 radical (unpaired) electrons. The predicted octanol–water partition coefficient (Wildman–Crippen LogP) is 4.91. The van der Waals surface area contributed by atoms with E-state index >= 15 is 0 Å². The third-order valence-corrected chi connectivity index (χ3v) is 3.36. The van der Waals surface area contributed by atoms with Crippen LogP contribution in [0.5, 0.6) is 0 Å². The van der Waals surface area contributed by atoms with E-state index < -0.39 is 0 Å². The van der Waals surface area contributed by atoms with Crippen LogP contribution >= 0.6 is 0 Å². The Hall–Kier alpha value is -1.37. The molecule has 104 valence electrons. The molecular weight excluding hydrogens is 230 g/mol. The molecule has 0 saturated heterocycles. The van der Waals surface area contributed by atoms with Crippen molar-refractivity contribution in [3.63, 3.8) is 0 Å². The fraction of sp³-hybridized carbons (Fsp3) is 0.500. The van der Waals surface area contributed by atoms with E-state index in [2.05, 4.69) is 70.8 Å². The lowest BCUT2D eigenvalue weighted by molar-refractivity contribution is 0.593. The Morgan fingerprint density at radius 2 is 1.84 bits per heavy atom. The van der Waals surface area contributed by atoms with Gasteiger partial charge in [0.05, 0.1) is 0 Å². The average Bonchev–Trinajstić information content (AvgIpc) is 2.28. The molecule has 0 aliphatic heterocycles. The first-order chi connectivity index (χ1) is 8.74. The highest BCUT2D eigenvalue weighted by Gasteiger charge is 2.16. The smallest absolute Gasteiger partial charge is 0.0397 e. The Balaban J connectivity index is 2.93. The van der Waals surface area contributed by atoms with E-state index in [1.807, 2.05) is 7.05 Å². The van der Waals surface area contributed by atoms with Crippen molar-refractivity contribution in [2.24, 2.45) is 10.4 Å². The molecule has 0 fully saturated rings. The molecule has 0 aliphatic rings. The lowest BCUT2D eigenvalue weighted by Gasteiger charge is -2.19. The van der Waals surface area contributed by atoms with Crippen LogP contribution in [0.3, 0.4) is 0 Å². The minimum absolute atomic E-state index is 0.109. The number of hydrogen-bond acceptors (Lipinski definition) is 1. The Morgan fingerprint density at radius 1 is 1.21 bits per heavy atom. The highest BCUT2D eigenvalue weighted by atomic mass is 14.7. The fourth-order valence-electron chi connectivity index (χ4n) is 2.25. The molecule has 0 aliphatic carbocycles. The van der Waals surface area contributed by atoms with Crippen LogP contribution in [0.1, 0.15) is 44.4 Å². The van der Waals surface area contributed by atoms with Gasteiger partial charge in [0.15, 0.2) is 0 Å². The molecule has 19 heavy (non-hydrogen) atoms. The summed E-state index contributed by atoms with van der Waals surface area (Å²) in [5, 5.41) is 0. The van der Waals surface area contributed by atoms with Crippen molar-refractivity contribution in [3.8, 4) is 0 Å². The van der Waals surface area contributed by atoms with Gasteiger partial charge < -0.3 is 0 Å². The van der Waals surface area contributed by atoms with Crippen molar-refractivity contribution < 1.29 is 0 Å². The Kier molecular flexibility index (Phi) is 5.11. The third kappa shape index (κ3) is 4.66. The van der Waals surface area contributed by atoms with Crippen LogP contribution in [0.2, 0.25) is 0 Å². The molecule has 0 heterocycles. The number of rotatable bonds is 3. The van der Waals surface area contributed by atoms with E-state index in [4.69, 9.17) is 0 Å². The summed E-state index contributed by atoms with van der Waals surface area (Å²) in [5.74, 6) is 0. The predicted molar refractivity (Wildman–Crippen MR) is 86.2 cm³/mol. The first kappa shape index (κ1) is 15.7. The monoisotopic (exact) mass is 257 g/mol. The summed E-state index contributed by atoms with van der Waals surface area (Å²) >= 11 is 0. The number of benzene rings is 1. The number of allylic oxidation sites excluding steroid dienone is 2. The molecule has 1 heteroatoms. The summed E-state index contributed by atoms with van der Waals surface area (Å²) in [4.78, 5) is 4.42. The van der Waals surface area contributed by atoms with Crippen molar-refractivity contribution in [2.75, 3.05) is 7.05 Å². The highest BCUT2D eigenvalue weighted by Crippen LogP contribution is 2.20. The van der Waals surface area contributed by atoms with E-state index in [9.17, 15) is 0 Å². The number of aryl methyl sites for hydroxylation is 2. The molecule has 0 unspecified atom stereocenters. The molecule has 1 nitrogen and oxygen atoms in total. The van der Waals surface area contributed by atoms with E-state index in [1.165, 1.54) is 22.3 Å². The molecule has 0 bridgehead atoms. The van der Waals surface area contributed by atoms with Crippen molar-refractivity contribution in [1.82, 2.24) is 0 Å². The summed E-state index contributed by atoms with van der Waals surface area (Å²) in [7, 11) is 1.88. The lowest BCUT2D eigenvalue weighted by atomic mass is 9.88. The molecular formula is C18H27N. The van der Waals surface area contributed by atoms with E-state index in [0.717, 1.165) is 12.1 Å².